The highest BCUT2D eigenvalue weighted by Gasteiger charge is 2.18. The van der Waals surface area contributed by atoms with E-state index in [1.54, 1.807) is 0 Å². The van der Waals surface area contributed by atoms with Crippen LogP contribution in [0.1, 0.15) is 25.7 Å². The van der Waals surface area contributed by atoms with E-state index < -0.39 is 0 Å². The lowest BCUT2D eigenvalue weighted by atomic mass is 9.85. The Bertz CT molecular complexity index is 102. The van der Waals surface area contributed by atoms with Gasteiger partial charge in [-0.05, 0) is 38.8 Å². The van der Waals surface area contributed by atoms with Gasteiger partial charge in [0.25, 0.3) is 0 Å². The van der Waals surface area contributed by atoms with Crippen LogP contribution in [-0.4, -0.2) is 30.9 Å². The van der Waals surface area contributed by atoms with Gasteiger partial charge in [0.2, 0.25) is 0 Å². The van der Waals surface area contributed by atoms with Crippen LogP contribution in [0.15, 0.2) is 0 Å². The van der Waals surface area contributed by atoms with Crippen LogP contribution >= 0.6 is 11.6 Å². The molecule has 0 aliphatic heterocycles. The van der Waals surface area contributed by atoms with Gasteiger partial charge in [0.05, 0.1) is 0 Å². The summed E-state index contributed by atoms with van der Waals surface area (Å²) in [5.74, 6) is 1.80. The molecule has 1 saturated carbocycles. The molecule has 0 N–H and O–H groups in total. The highest BCUT2D eigenvalue weighted by Crippen LogP contribution is 2.26. The normalized spacial score (nSPS) is 18.8. The van der Waals surface area contributed by atoms with Crippen molar-refractivity contribution in [3.63, 3.8) is 0 Å². The van der Waals surface area contributed by atoms with Crippen LogP contribution in [-0.2, 0) is 0 Å². The molecule has 0 radical (unpaired) electrons. The molecule has 0 aromatic carbocycles. The van der Waals surface area contributed by atoms with Gasteiger partial charge in [-0.2, -0.15) is 0 Å². The smallest absolute Gasteiger partial charge is 0.0235 e. The largest absolute Gasteiger partial charge is 0.306 e. The molecular formula is C9H18ClN. The summed E-state index contributed by atoms with van der Waals surface area (Å²) >= 11 is 5.60. The third-order valence-corrected chi connectivity index (χ3v) is 2.74. The third-order valence-electron chi connectivity index (χ3n) is 2.47. The Hall–Kier alpha value is 0.250. The number of hydrogen-bond acceptors (Lipinski definition) is 1. The fourth-order valence-corrected chi connectivity index (χ4v) is 1.66. The van der Waals surface area contributed by atoms with Gasteiger partial charge in [-0.15, -0.1) is 11.6 Å². The van der Waals surface area contributed by atoms with E-state index in [1.165, 1.54) is 32.4 Å². The fraction of sp³-hybridized carbons (Fsp3) is 1.00. The summed E-state index contributed by atoms with van der Waals surface area (Å²) in [6, 6.07) is 0. The number of alkyl halides is 1. The molecule has 0 unspecified atom stereocenters. The van der Waals surface area contributed by atoms with Crippen LogP contribution in [0.2, 0.25) is 0 Å². The number of rotatable bonds is 5. The van der Waals surface area contributed by atoms with E-state index in [0.29, 0.717) is 0 Å². The van der Waals surface area contributed by atoms with Crippen molar-refractivity contribution in [3.05, 3.63) is 0 Å². The quantitative estimate of drug-likeness (QED) is 0.580. The van der Waals surface area contributed by atoms with Gasteiger partial charge in [-0.3, -0.25) is 0 Å². The molecule has 11 heavy (non-hydrogen) atoms. The summed E-state index contributed by atoms with van der Waals surface area (Å²) in [6.45, 7) is 2.46. The Balaban J connectivity index is 1.95. The van der Waals surface area contributed by atoms with Crippen molar-refractivity contribution in [1.82, 2.24) is 4.90 Å². The molecule has 0 aromatic heterocycles. The molecule has 1 aliphatic rings. The number of hydrogen-bond donors (Lipinski definition) is 0. The Morgan fingerprint density at radius 1 is 1.45 bits per heavy atom. The molecular weight excluding hydrogens is 158 g/mol. The molecule has 0 atom stereocenters. The molecule has 0 aromatic rings. The topological polar surface area (TPSA) is 3.24 Å². The van der Waals surface area contributed by atoms with Crippen molar-refractivity contribution < 1.29 is 0 Å². The first-order valence-corrected chi connectivity index (χ1v) is 5.11. The minimum atomic E-state index is 0.801. The van der Waals surface area contributed by atoms with E-state index in [-0.39, 0.29) is 0 Å². The van der Waals surface area contributed by atoms with Gasteiger partial charge in [-0.25, -0.2) is 0 Å². The summed E-state index contributed by atoms with van der Waals surface area (Å²) in [5, 5.41) is 0. The summed E-state index contributed by atoms with van der Waals surface area (Å²) in [7, 11) is 2.20. The fourth-order valence-electron chi connectivity index (χ4n) is 1.54. The summed E-state index contributed by atoms with van der Waals surface area (Å²) < 4.78 is 0. The average molecular weight is 176 g/mol. The Morgan fingerprint density at radius 3 is 2.64 bits per heavy atom. The van der Waals surface area contributed by atoms with Crippen molar-refractivity contribution in [2.24, 2.45) is 5.92 Å². The minimum Gasteiger partial charge on any atom is -0.306 e. The standard InChI is InChI=1S/C9H18ClN/c1-11(7-3-6-10)8-9-4-2-5-9/h9H,2-8H2,1H3. The Morgan fingerprint density at radius 2 is 2.18 bits per heavy atom. The van der Waals surface area contributed by atoms with Crippen LogP contribution in [0.3, 0.4) is 0 Å². The lowest BCUT2D eigenvalue weighted by Crippen LogP contribution is -2.30. The second-order valence-corrected chi connectivity index (χ2v) is 3.98. The number of halogens is 1. The van der Waals surface area contributed by atoms with Crippen molar-refractivity contribution in [3.8, 4) is 0 Å². The van der Waals surface area contributed by atoms with E-state index in [0.717, 1.165) is 18.2 Å². The molecule has 0 amide bonds. The zero-order valence-electron chi connectivity index (χ0n) is 7.35. The predicted octanol–water partition coefficient (Wildman–Crippen LogP) is 2.35. The van der Waals surface area contributed by atoms with Crippen LogP contribution in [0.4, 0.5) is 0 Å². The Labute approximate surface area is 74.7 Å². The lowest BCUT2D eigenvalue weighted by Gasteiger charge is -2.29. The van der Waals surface area contributed by atoms with Crippen LogP contribution in [0.5, 0.6) is 0 Å². The first-order valence-electron chi connectivity index (χ1n) is 4.57. The van der Waals surface area contributed by atoms with E-state index in [1.807, 2.05) is 0 Å². The lowest BCUT2D eigenvalue weighted by molar-refractivity contribution is 0.206. The molecule has 1 fully saturated rings. The zero-order chi connectivity index (χ0) is 8.10. The average Bonchev–Trinajstić information content (AvgIpc) is 1.93. The minimum absolute atomic E-state index is 0.801. The van der Waals surface area contributed by atoms with Crippen LogP contribution in [0, 0.1) is 5.92 Å². The van der Waals surface area contributed by atoms with Crippen molar-refractivity contribution in [1.29, 1.82) is 0 Å². The van der Waals surface area contributed by atoms with Gasteiger partial charge < -0.3 is 4.90 Å². The molecule has 0 bridgehead atoms. The Kier molecular flexibility index (Phi) is 4.24. The van der Waals surface area contributed by atoms with Crippen molar-refractivity contribution >= 4 is 11.6 Å². The molecule has 1 rings (SSSR count). The molecule has 0 heterocycles. The van der Waals surface area contributed by atoms with Gasteiger partial charge in [-0.1, -0.05) is 6.42 Å². The summed E-state index contributed by atoms with van der Waals surface area (Å²) in [5.41, 5.74) is 0. The van der Waals surface area contributed by atoms with Gasteiger partial charge >= 0.3 is 0 Å². The second-order valence-electron chi connectivity index (χ2n) is 3.60. The van der Waals surface area contributed by atoms with Gasteiger partial charge in [0.1, 0.15) is 0 Å². The third kappa shape index (κ3) is 3.44. The number of nitrogens with zero attached hydrogens (tertiary/aromatic N) is 1. The summed E-state index contributed by atoms with van der Waals surface area (Å²) in [6.07, 6.45) is 5.48. The first kappa shape index (κ1) is 9.34. The van der Waals surface area contributed by atoms with Gasteiger partial charge in [0.15, 0.2) is 0 Å². The molecule has 66 valence electrons. The second kappa shape index (κ2) is 5.00. The van der Waals surface area contributed by atoms with Crippen LogP contribution < -0.4 is 0 Å². The molecule has 0 spiro atoms. The molecule has 1 nitrogen and oxygen atoms in total. The molecule has 0 saturated heterocycles. The van der Waals surface area contributed by atoms with Crippen LogP contribution in [0.25, 0.3) is 0 Å². The van der Waals surface area contributed by atoms with Crippen molar-refractivity contribution in [2.45, 2.75) is 25.7 Å². The highest BCUT2D eigenvalue weighted by molar-refractivity contribution is 6.17. The summed E-state index contributed by atoms with van der Waals surface area (Å²) in [4.78, 5) is 2.41. The van der Waals surface area contributed by atoms with E-state index in [9.17, 15) is 0 Å². The van der Waals surface area contributed by atoms with E-state index >= 15 is 0 Å². The maximum absolute atomic E-state index is 5.60. The predicted molar refractivity (Wildman–Crippen MR) is 50.2 cm³/mol. The maximum Gasteiger partial charge on any atom is 0.0235 e. The first-order chi connectivity index (χ1) is 5.33. The van der Waals surface area contributed by atoms with E-state index in [4.69, 9.17) is 11.6 Å². The molecule has 1 aliphatic carbocycles. The SMILES string of the molecule is CN(CCCCl)CC1CCC1. The maximum atomic E-state index is 5.60. The monoisotopic (exact) mass is 175 g/mol. The van der Waals surface area contributed by atoms with E-state index in [2.05, 4.69) is 11.9 Å². The van der Waals surface area contributed by atoms with Crippen molar-refractivity contribution in [2.75, 3.05) is 26.0 Å². The highest BCUT2D eigenvalue weighted by atomic mass is 35.5. The van der Waals surface area contributed by atoms with Gasteiger partial charge in [0, 0.05) is 12.4 Å². The zero-order valence-corrected chi connectivity index (χ0v) is 8.11. The molecule has 2 heteroatoms.